The van der Waals surface area contributed by atoms with Gasteiger partial charge >= 0.3 is 0 Å². The molecule has 0 radical (unpaired) electrons. The molecule has 0 heterocycles. The summed E-state index contributed by atoms with van der Waals surface area (Å²) in [7, 11) is 0. The smallest absolute Gasteiger partial charge is 0.253 e. The van der Waals surface area contributed by atoms with Crippen LogP contribution in [-0.2, 0) is 0 Å². The second-order valence-corrected chi connectivity index (χ2v) is 5.49. The van der Waals surface area contributed by atoms with Gasteiger partial charge in [0.2, 0.25) is 0 Å². The Balaban J connectivity index is 2.56. The Morgan fingerprint density at radius 3 is 2.94 bits per heavy atom. The zero-order valence-electron chi connectivity index (χ0n) is 10.7. The fraction of sp³-hybridized carbons (Fsp3) is 0.462. The Hall–Kier alpha value is -1.23. The van der Waals surface area contributed by atoms with Crippen molar-refractivity contribution < 1.29 is 9.18 Å². The summed E-state index contributed by atoms with van der Waals surface area (Å²) in [4.78, 5) is 11.9. The molecule has 0 saturated heterocycles. The van der Waals surface area contributed by atoms with Crippen LogP contribution in [0.2, 0.25) is 0 Å². The van der Waals surface area contributed by atoms with Gasteiger partial charge in [-0.15, -0.1) is 0 Å². The van der Waals surface area contributed by atoms with Crippen molar-refractivity contribution in [1.29, 1.82) is 0 Å². The van der Waals surface area contributed by atoms with Crippen LogP contribution in [0.5, 0.6) is 0 Å². The number of rotatable bonds is 6. The molecule has 5 heteroatoms. The van der Waals surface area contributed by atoms with Gasteiger partial charge in [0.1, 0.15) is 5.82 Å². The second-order valence-electron chi connectivity index (χ2n) is 4.09. The van der Waals surface area contributed by atoms with E-state index in [1.165, 1.54) is 12.1 Å². The SMILES string of the molecule is CCSCCC(C)NC(=O)c1cc(F)ccc1N. The molecule has 18 heavy (non-hydrogen) atoms. The minimum absolute atomic E-state index is 0.0548. The lowest BCUT2D eigenvalue weighted by Gasteiger charge is -2.14. The van der Waals surface area contributed by atoms with E-state index in [4.69, 9.17) is 5.73 Å². The Kier molecular flexibility index (Phi) is 5.98. The first-order chi connectivity index (χ1) is 8.54. The molecule has 0 aliphatic heterocycles. The maximum absolute atomic E-state index is 13.1. The molecule has 0 spiro atoms. The van der Waals surface area contributed by atoms with Gasteiger partial charge in [-0.1, -0.05) is 6.92 Å². The normalized spacial score (nSPS) is 12.2. The Bertz CT molecular complexity index is 412. The topological polar surface area (TPSA) is 55.1 Å². The molecule has 1 aromatic rings. The zero-order valence-corrected chi connectivity index (χ0v) is 11.5. The summed E-state index contributed by atoms with van der Waals surface area (Å²) in [5.41, 5.74) is 6.15. The van der Waals surface area contributed by atoms with E-state index < -0.39 is 5.82 Å². The summed E-state index contributed by atoms with van der Waals surface area (Å²) in [6, 6.07) is 3.87. The third-order valence-corrected chi connectivity index (χ3v) is 3.47. The van der Waals surface area contributed by atoms with Crippen molar-refractivity contribution in [1.82, 2.24) is 5.32 Å². The van der Waals surface area contributed by atoms with Gasteiger partial charge in [-0.05, 0) is 43.0 Å². The number of hydrogen-bond donors (Lipinski definition) is 2. The highest BCUT2D eigenvalue weighted by Crippen LogP contribution is 2.13. The average Bonchev–Trinajstić information content (AvgIpc) is 2.32. The van der Waals surface area contributed by atoms with E-state index in [-0.39, 0.29) is 17.5 Å². The van der Waals surface area contributed by atoms with Crippen LogP contribution in [0.1, 0.15) is 30.6 Å². The number of carbonyl (C=O) groups is 1. The maximum Gasteiger partial charge on any atom is 0.253 e. The molecule has 3 nitrogen and oxygen atoms in total. The predicted octanol–water partition coefficient (Wildman–Crippen LogP) is 2.67. The minimum Gasteiger partial charge on any atom is -0.398 e. The lowest BCUT2D eigenvalue weighted by molar-refractivity contribution is 0.0940. The summed E-state index contributed by atoms with van der Waals surface area (Å²) in [6.07, 6.45) is 0.888. The van der Waals surface area contributed by atoms with E-state index in [0.717, 1.165) is 24.0 Å². The standard InChI is InChI=1S/C13H19FN2OS/c1-3-18-7-6-9(2)16-13(17)11-8-10(14)4-5-12(11)15/h4-5,8-9H,3,6-7,15H2,1-2H3,(H,16,17). The first-order valence-corrected chi connectivity index (χ1v) is 7.13. The number of carbonyl (C=O) groups excluding carboxylic acids is 1. The predicted molar refractivity (Wildman–Crippen MR) is 75.4 cm³/mol. The zero-order chi connectivity index (χ0) is 13.5. The first kappa shape index (κ1) is 14.8. The fourth-order valence-corrected chi connectivity index (χ4v) is 2.31. The largest absolute Gasteiger partial charge is 0.398 e. The third-order valence-electron chi connectivity index (χ3n) is 2.54. The van der Waals surface area contributed by atoms with Crippen molar-refractivity contribution in [3.05, 3.63) is 29.6 Å². The average molecular weight is 270 g/mol. The highest BCUT2D eigenvalue weighted by molar-refractivity contribution is 7.99. The molecule has 0 saturated carbocycles. The van der Waals surface area contributed by atoms with Crippen LogP contribution in [0.15, 0.2) is 18.2 Å². The number of amides is 1. The maximum atomic E-state index is 13.1. The van der Waals surface area contributed by atoms with E-state index in [1.54, 1.807) is 0 Å². The number of nitrogen functional groups attached to an aromatic ring is 1. The molecule has 0 aliphatic rings. The van der Waals surface area contributed by atoms with E-state index in [2.05, 4.69) is 12.2 Å². The Labute approximate surface area is 111 Å². The number of halogens is 1. The number of nitrogens with one attached hydrogen (secondary N) is 1. The molecular formula is C13H19FN2OS. The van der Waals surface area contributed by atoms with Crippen molar-refractivity contribution in [3.8, 4) is 0 Å². The highest BCUT2D eigenvalue weighted by atomic mass is 32.2. The van der Waals surface area contributed by atoms with E-state index in [9.17, 15) is 9.18 Å². The van der Waals surface area contributed by atoms with Gasteiger partial charge in [0.25, 0.3) is 5.91 Å². The number of anilines is 1. The van der Waals surface area contributed by atoms with Gasteiger partial charge < -0.3 is 11.1 Å². The van der Waals surface area contributed by atoms with Crippen LogP contribution in [0.4, 0.5) is 10.1 Å². The van der Waals surface area contributed by atoms with Crippen LogP contribution >= 0.6 is 11.8 Å². The monoisotopic (exact) mass is 270 g/mol. The van der Waals surface area contributed by atoms with Crippen LogP contribution in [0.3, 0.4) is 0 Å². The molecule has 0 aromatic heterocycles. The molecule has 100 valence electrons. The van der Waals surface area contributed by atoms with Gasteiger partial charge in [-0.25, -0.2) is 4.39 Å². The first-order valence-electron chi connectivity index (χ1n) is 5.98. The van der Waals surface area contributed by atoms with Crippen LogP contribution in [-0.4, -0.2) is 23.5 Å². The molecule has 0 aliphatic carbocycles. The third kappa shape index (κ3) is 4.56. The van der Waals surface area contributed by atoms with Gasteiger partial charge in [0.15, 0.2) is 0 Å². The molecular weight excluding hydrogens is 251 g/mol. The molecule has 1 atom stereocenters. The summed E-state index contributed by atoms with van der Waals surface area (Å²) in [5, 5.41) is 2.82. The van der Waals surface area contributed by atoms with Gasteiger partial charge in [-0.3, -0.25) is 4.79 Å². The number of benzene rings is 1. The lowest BCUT2D eigenvalue weighted by Crippen LogP contribution is -2.33. The number of nitrogens with two attached hydrogens (primary N) is 1. The molecule has 0 bridgehead atoms. The van der Waals surface area contributed by atoms with E-state index >= 15 is 0 Å². The summed E-state index contributed by atoms with van der Waals surface area (Å²) in [5.74, 6) is 1.29. The summed E-state index contributed by atoms with van der Waals surface area (Å²) in [6.45, 7) is 4.03. The highest BCUT2D eigenvalue weighted by Gasteiger charge is 2.13. The molecule has 1 aromatic carbocycles. The van der Waals surface area contributed by atoms with Gasteiger partial charge in [0.05, 0.1) is 5.56 Å². The fourth-order valence-electron chi connectivity index (χ4n) is 1.50. The van der Waals surface area contributed by atoms with E-state index in [1.807, 2.05) is 18.7 Å². The van der Waals surface area contributed by atoms with Crippen molar-refractivity contribution >= 4 is 23.4 Å². The molecule has 1 unspecified atom stereocenters. The Morgan fingerprint density at radius 2 is 2.28 bits per heavy atom. The lowest BCUT2D eigenvalue weighted by atomic mass is 10.1. The number of hydrogen-bond acceptors (Lipinski definition) is 3. The van der Waals surface area contributed by atoms with E-state index in [0.29, 0.717) is 5.69 Å². The van der Waals surface area contributed by atoms with Crippen molar-refractivity contribution in [2.75, 3.05) is 17.2 Å². The van der Waals surface area contributed by atoms with Crippen molar-refractivity contribution in [3.63, 3.8) is 0 Å². The second kappa shape index (κ2) is 7.26. The Morgan fingerprint density at radius 1 is 1.56 bits per heavy atom. The van der Waals surface area contributed by atoms with Crippen LogP contribution in [0.25, 0.3) is 0 Å². The minimum atomic E-state index is -0.455. The quantitative estimate of drug-likeness (QED) is 0.617. The van der Waals surface area contributed by atoms with Gasteiger partial charge in [-0.2, -0.15) is 11.8 Å². The number of thioether (sulfide) groups is 1. The van der Waals surface area contributed by atoms with Gasteiger partial charge in [0, 0.05) is 11.7 Å². The summed E-state index contributed by atoms with van der Waals surface area (Å²) < 4.78 is 13.1. The van der Waals surface area contributed by atoms with Crippen molar-refractivity contribution in [2.24, 2.45) is 0 Å². The van der Waals surface area contributed by atoms with Crippen molar-refractivity contribution in [2.45, 2.75) is 26.3 Å². The molecule has 0 fully saturated rings. The molecule has 3 N–H and O–H groups in total. The molecule has 1 rings (SSSR count). The van der Waals surface area contributed by atoms with Crippen LogP contribution in [0, 0.1) is 5.82 Å². The molecule has 1 amide bonds. The summed E-state index contributed by atoms with van der Waals surface area (Å²) >= 11 is 1.83. The van der Waals surface area contributed by atoms with Crippen LogP contribution < -0.4 is 11.1 Å².